The number of hydrogen-bond donors (Lipinski definition) is 1. The molecule has 0 unspecified atom stereocenters. The van der Waals surface area contributed by atoms with Gasteiger partial charge in [-0.15, -0.1) is 11.3 Å². The SMILES string of the molecule is CC(C)(Oc1ccc(CCC(=O)c2ccc(-c3ccccc3)s2)c(Cl)c1Cl)C(=O)O. The van der Waals surface area contributed by atoms with Gasteiger partial charge in [-0.25, -0.2) is 4.79 Å². The molecular formula is C23H20Cl2O4S. The predicted molar refractivity (Wildman–Crippen MR) is 121 cm³/mol. The summed E-state index contributed by atoms with van der Waals surface area (Å²) in [7, 11) is 0. The normalized spacial score (nSPS) is 11.3. The molecule has 0 fully saturated rings. The molecule has 0 aliphatic heterocycles. The highest BCUT2D eigenvalue weighted by Crippen LogP contribution is 2.37. The van der Waals surface area contributed by atoms with Crippen molar-refractivity contribution in [3.8, 4) is 16.2 Å². The molecule has 0 radical (unpaired) electrons. The van der Waals surface area contributed by atoms with Crippen molar-refractivity contribution in [2.45, 2.75) is 32.3 Å². The number of aryl methyl sites for hydroxylation is 1. The van der Waals surface area contributed by atoms with E-state index in [9.17, 15) is 14.7 Å². The van der Waals surface area contributed by atoms with Gasteiger partial charge >= 0.3 is 5.97 Å². The molecule has 0 aliphatic carbocycles. The van der Waals surface area contributed by atoms with Gasteiger partial charge in [0.05, 0.1) is 9.90 Å². The first-order valence-corrected chi connectivity index (χ1v) is 10.8. The van der Waals surface area contributed by atoms with Crippen LogP contribution >= 0.6 is 34.5 Å². The van der Waals surface area contributed by atoms with Crippen molar-refractivity contribution >= 4 is 46.3 Å². The highest BCUT2D eigenvalue weighted by Gasteiger charge is 2.30. The van der Waals surface area contributed by atoms with Crippen LogP contribution in [0.2, 0.25) is 10.0 Å². The number of benzene rings is 2. The third kappa shape index (κ3) is 5.04. The summed E-state index contributed by atoms with van der Waals surface area (Å²) in [6.45, 7) is 2.85. The van der Waals surface area contributed by atoms with E-state index in [2.05, 4.69) is 0 Å². The maximum atomic E-state index is 12.6. The average Bonchev–Trinajstić information content (AvgIpc) is 3.21. The Morgan fingerprint density at radius 2 is 1.70 bits per heavy atom. The van der Waals surface area contributed by atoms with E-state index in [1.165, 1.54) is 25.2 Å². The van der Waals surface area contributed by atoms with Gasteiger partial charge in [-0.3, -0.25) is 4.79 Å². The van der Waals surface area contributed by atoms with E-state index in [0.29, 0.717) is 16.9 Å². The van der Waals surface area contributed by atoms with Gasteiger partial charge in [0.1, 0.15) is 10.8 Å². The van der Waals surface area contributed by atoms with Gasteiger partial charge < -0.3 is 9.84 Å². The lowest BCUT2D eigenvalue weighted by Gasteiger charge is -2.23. The zero-order valence-electron chi connectivity index (χ0n) is 16.4. The fourth-order valence-corrected chi connectivity index (χ4v) is 4.23. The number of carboxylic acids is 1. The minimum absolute atomic E-state index is 0.0294. The van der Waals surface area contributed by atoms with E-state index in [0.717, 1.165) is 10.4 Å². The number of carbonyl (C=O) groups excluding carboxylic acids is 1. The van der Waals surface area contributed by atoms with Crippen LogP contribution in [0.1, 0.15) is 35.5 Å². The minimum atomic E-state index is -1.44. The number of thiophene rings is 1. The number of carbonyl (C=O) groups is 2. The average molecular weight is 463 g/mol. The zero-order chi connectivity index (χ0) is 21.9. The van der Waals surface area contributed by atoms with Crippen LogP contribution < -0.4 is 4.74 Å². The topological polar surface area (TPSA) is 63.6 Å². The summed E-state index contributed by atoms with van der Waals surface area (Å²) in [5.74, 6) is -0.896. The maximum absolute atomic E-state index is 12.6. The van der Waals surface area contributed by atoms with Gasteiger partial charge in [-0.05, 0) is 49.6 Å². The number of Topliss-reactive ketones (excluding diaryl/α,β-unsaturated/α-hetero) is 1. The van der Waals surface area contributed by atoms with Crippen LogP contribution in [0.4, 0.5) is 0 Å². The lowest BCUT2D eigenvalue weighted by atomic mass is 10.1. The van der Waals surface area contributed by atoms with Crippen LogP contribution in [0.15, 0.2) is 54.6 Å². The first-order valence-electron chi connectivity index (χ1n) is 9.27. The third-order valence-corrected chi connectivity index (χ3v) is 6.65. The molecule has 0 bridgehead atoms. The molecule has 1 heterocycles. The summed E-state index contributed by atoms with van der Waals surface area (Å²) in [4.78, 5) is 25.6. The van der Waals surface area contributed by atoms with E-state index >= 15 is 0 Å². The van der Waals surface area contributed by atoms with Gasteiger partial charge in [0.2, 0.25) is 0 Å². The molecular weight excluding hydrogens is 443 g/mol. The molecule has 1 N–H and O–H groups in total. The van der Waals surface area contributed by atoms with Crippen LogP contribution in [-0.4, -0.2) is 22.5 Å². The summed E-state index contributed by atoms with van der Waals surface area (Å²) < 4.78 is 5.49. The molecule has 3 rings (SSSR count). The van der Waals surface area contributed by atoms with Gasteiger partial charge in [0.25, 0.3) is 0 Å². The molecule has 0 saturated carbocycles. The number of halogens is 2. The second kappa shape index (κ2) is 9.21. The Labute approximate surface area is 189 Å². The Morgan fingerprint density at radius 3 is 2.37 bits per heavy atom. The monoisotopic (exact) mass is 462 g/mol. The molecule has 0 amide bonds. The second-order valence-corrected chi connectivity index (χ2v) is 9.06. The highest BCUT2D eigenvalue weighted by molar-refractivity contribution is 7.17. The zero-order valence-corrected chi connectivity index (χ0v) is 18.8. The number of ketones is 1. The molecule has 30 heavy (non-hydrogen) atoms. The fourth-order valence-electron chi connectivity index (χ4n) is 2.78. The van der Waals surface area contributed by atoms with Crippen molar-refractivity contribution in [1.82, 2.24) is 0 Å². The molecule has 4 nitrogen and oxygen atoms in total. The summed E-state index contributed by atoms with van der Waals surface area (Å²) >= 11 is 14.1. The van der Waals surface area contributed by atoms with Crippen LogP contribution in [0.25, 0.3) is 10.4 Å². The van der Waals surface area contributed by atoms with Gasteiger partial charge in [0, 0.05) is 11.3 Å². The summed E-state index contributed by atoms with van der Waals surface area (Å²) in [5.41, 5.74) is 0.340. The minimum Gasteiger partial charge on any atom is -0.478 e. The summed E-state index contributed by atoms with van der Waals surface area (Å²) in [6.07, 6.45) is 0.699. The first kappa shape index (κ1) is 22.3. The van der Waals surface area contributed by atoms with Crippen molar-refractivity contribution in [3.05, 3.63) is 75.1 Å². The Morgan fingerprint density at radius 1 is 1.00 bits per heavy atom. The third-order valence-electron chi connectivity index (χ3n) is 4.57. The van der Waals surface area contributed by atoms with Crippen molar-refractivity contribution in [2.24, 2.45) is 0 Å². The first-order chi connectivity index (χ1) is 14.2. The van der Waals surface area contributed by atoms with Crippen LogP contribution in [0, 0.1) is 0 Å². The number of carboxylic acid groups (broad SMARTS) is 1. The van der Waals surface area contributed by atoms with Crippen molar-refractivity contribution in [1.29, 1.82) is 0 Å². The van der Waals surface area contributed by atoms with Crippen molar-refractivity contribution < 1.29 is 19.4 Å². The summed E-state index contributed by atoms with van der Waals surface area (Å²) in [6, 6.07) is 17.0. The molecule has 156 valence electrons. The van der Waals surface area contributed by atoms with Gasteiger partial charge in [0.15, 0.2) is 11.4 Å². The molecule has 0 aliphatic rings. The lowest BCUT2D eigenvalue weighted by molar-refractivity contribution is -0.152. The Bertz CT molecular complexity index is 1070. The number of ether oxygens (including phenoxy) is 1. The molecule has 7 heteroatoms. The molecule has 2 aromatic carbocycles. The largest absolute Gasteiger partial charge is 0.478 e. The van der Waals surface area contributed by atoms with Gasteiger partial charge in [-0.1, -0.05) is 59.6 Å². The van der Waals surface area contributed by atoms with Crippen LogP contribution in [-0.2, 0) is 11.2 Å². The predicted octanol–water partition coefficient (Wildman–Crippen LogP) is 6.78. The summed E-state index contributed by atoms with van der Waals surface area (Å²) in [5, 5.41) is 9.61. The number of hydrogen-bond acceptors (Lipinski definition) is 4. The quantitative estimate of drug-likeness (QED) is 0.374. The Kier molecular flexibility index (Phi) is 6.86. The van der Waals surface area contributed by atoms with Crippen molar-refractivity contribution in [2.75, 3.05) is 0 Å². The Balaban J connectivity index is 1.69. The van der Waals surface area contributed by atoms with Crippen LogP contribution in [0.3, 0.4) is 0 Å². The maximum Gasteiger partial charge on any atom is 0.347 e. The number of aliphatic carboxylic acids is 1. The molecule has 1 aromatic heterocycles. The standard InChI is InChI=1S/C23H20Cl2O4S/c1-23(2,22(27)28)29-17-11-9-15(20(24)21(17)25)8-10-16(26)19-13-12-18(30-19)14-6-4-3-5-7-14/h3-7,9,11-13H,8,10H2,1-2H3,(H,27,28). The van der Waals surface area contributed by atoms with E-state index < -0.39 is 11.6 Å². The highest BCUT2D eigenvalue weighted by atomic mass is 35.5. The Hall–Kier alpha value is -2.34. The van der Waals surface area contributed by atoms with E-state index in [1.54, 1.807) is 12.1 Å². The smallest absolute Gasteiger partial charge is 0.347 e. The molecule has 3 aromatic rings. The molecule has 0 saturated heterocycles. The number of rotatable bonds is 8. The van der Waals surface area contributed by atoms with Crippen molar-refractivity contribution in [3.63, 3.8) is 0 Å². The molecule has 0 atom stereocenters. The van der Waals surface area contributed by atoms with E-state index in [4.69, 9.17) is 27.9 Å². The van der Waals surface area contributed by atoms with E-state index in [1.807, 2.05) is 42.5 Å². The van der Waals surface area contributed by atoms with Crippen LogP contribution in [0.5, 0.6) is 5.75 Å². The molecule has 0 spiro atoms. The van der Waals surface area contributed by atoms with E-state index in [-0.39, 0.29) is 28.0 Å². The second-order valence-electron chi connectivity index (χ2n) is 7.22. The fraction of sp³-hybridized carbons (Fsp3) is 0.217. The lowest BCUT2D eigenvalue weighted by Crippen LogP contribution is -2.38. The van der Waals surface area contributed by atoms with Gasteiger partial charge in [-0.2, -0.15) is 0 Å².